The Balaban J connectivity index is 1.59. The maximum Gasteiger partial charge on any atom is 0.335 e. The standard InChI is InChI=1S/C19H19NO4/c21-18(20-12-13-4-3-6-15(10-13)19(22)23)11-17-16-7-2-1-5-14(16)8-9-24-17/h1-7,10,17H,8-9,11-12H2,(H,20,21)(H,22,23)/t17-/m0/s1. The van der Waals surface area contributed by atoms with Gasteiger partial charge in [-0.25, -0.2) is 4.79 Å². The van der Waals surface area contributed by atoms with Gasteiger partial charge in [0.05, 0.1) is 24.7 Å². The van der Waals surface area contributed by atoms with E-state index in [0.29, 0.717) is 13.2 Å². The minimum atomic E-state index is -0.976. The number of carboxylic acid groups (broad SMARTS) is 1. The van der Waals surface area contributed by atoms with E-state index in [4.69, 9.17) is 9.84 Å². The molecule has 0 unspecified atom stereocenters. The van der Waals surface area contributed by atoms with Gasteiger partial charge in [-0.15, -0.1) is 0 Å². The van der Waals surface area contributed by atoms with E-state index in [9.17, 15) is 9.59 Å². The number of aromatic carboxylic acids is 1. The molecule has 5 nitrogen and oxygen atoms in total. The summed E-state index contributed by atoms with van der Waals surface area (Å²) in [5, 5.41) is 11.8. The number of rotatable bonds is 5. The SMILES string of the molecule is O=C(C[C@@H]1OCCc2ccccc21)NCc1cccc(C(=O)O)c1. The number of carbonyl (C=O) groups is 2. The summed E-state index contributed by atoms with van der Waals surface area (Å²) in [6.07, 6.45) is 0.909. The molecule has 1 heterocycles. The molecule has 0 fully saturated rings. The lowest BCUT2D eigenvalue weighted by molar-refractivity contribution is -0.124. The fourth-order valence-electron chi connectivity index (χ4n) is 2.90. The molecule has 0 saturated heterocycles. The third-order valence-corrected chi connectivity index (χ3v) is 4.13. The molecule has 2 N–H and O–H groups in total. The maximum atomic E-state index is 12.2. The largest absolute Gasteiger partial charge is 0.478 e. The van der Waals surface area contributed by atoms with E-state index in [2.05, 4.69) is 11.4 Å². The smallest absolute Gasteiger partial charge is 0.335 e. The van der Waals surface area contributed by atoms with Crippen molar-refractivity contribution in [2.75, 3.05) is 6.61 Å². The summed E-state index contributed by atoms with van der Waals surface area (Å²) in [4.78, 5) is 23.2. The number of ether oxygens (including phenoxy) is 1. The van der Waals surface area contributed by atoms with Crippen LogP contribution < -0.4 is 5.32 Å². The van der Waals surface area contributed by atoms with E-state index in [1.54, 1.807) is 18.2 Å². The van der Waals surface area contributed by atoms with Crippen molar-refractivity contribution in [2.24, 2.45) is 0 Å². The van der Waals surface area contributed by atoms with Gasteiger partial charge in [0.2, 0.25) is 5.91 Å². The van der Waals surface area contributed by atoms with Crippen molar-refractivity contribution in [1.29, 1.82) is 0 Å². The summed E-state index contributed by atoms with van der Waals surface area (Å²) in [5.74, 6) is -1.09. The molecule has 3 rings (SSSR count). The minimum absolute atomic E-state index is 0.113. The molecule has 0 bridgehead atoms. The maximum absolute atomic E-state index is 12.2. The molecule has 0 spiro atoms. The molecule has 2 aromatic carbocycles. The van der Waals surface area contributed by atoms with Crippen LogP contribution in [-0.4, -0.2) is 23.6 Å². The van der Waals surface area contributed by atoms with Crippen LogP contribution in [0.25, 0.3) is 0 Å². The number of benzene rings is 2. The molecule has 1 aliphatic heterocycles. The van der Waals surface area contributed by atoms with Crippen molar-refractivity contribution in [3.63, 3.8) is 0 Å². The molecule has 1 amide bonds. The summed E-state index contributed by atoms with van der Waals surface area (Å²) in [6, 6.07) is 14.6. The van der Waals surface area contributed by atoms with Gasteiger partial charge in [-0.05, 0) is 35.2 Å². The highest BCUT2D eigenvalue weighted by Crippen LogP contribution is 2.29. The number of nitrogens with one attached hydrogen (secondary N) is 1. The van der Waals surface area contributed by atoms with Crippen LogP contribution in [0.3, 0.4) is 0 Å². The van der Waals surface area contributed by atoms with Gasteiger partial charge in [0.15, 0.2) is 0 Å². The first-order valence-electron chi connectivity index (χ1n) is 7.92. The lowest BCUT2D eigenvalue weighted by Gasteiger charge is -2.25. The van der Waals surface area contributed by atoms with Crippen LogP contribution in [-0.2, 0) is 22.5 Å². The summed E-state index contributed by atoms with van der Waals surface area (Å²) in [7, 11) is 0. The van der Waals surface area contributed by atoms with Crippen molar-refractivity contribution in [3.05, 3.63) is 70.8 Å². The predicted octanol–water partition coefficient (Wildman–Crippen LogP) is 2.71. The van der Waals surface area contributed by atoms with E-state index in [1.807, 2.05) is 18.2 Å². The summed E-state index contributed by atoms with van der Waals surface area (Å²) in [6.45, 7) is 0.921. The zero-order valence-corrected chi connectivity index (χ0v) is 13.2. The first kappa shape index (κ1) is 16.2. The van der Waals surface area contributed by atoms with Gasteiger partial charge in [-0.1, -0.05) is 36.4 Å². The van der Waals surface area contributed by atoms with Crippen molar-refractivity contribution in [1.82, 2.24) is 5.32 Å². The fraction of sp³-hybridized carbons (Fsp3) is 0.263. The van der Waals surface area contributed by atoms with Gasteiger partial charge < -0.3 is 15.2 Å². The topological polar surface area (TPSA) is 75.6 Å². The van der Waals surface area contributed by atoms with E-state index in [0.717, 1.165) is 17.5 Å². The molecule has 0 radical (unpaired) electrons. The second-order valence-electron chi connectivity index (χ2n) is 5.79. The van der Waals surface area contributed by atoms with Gasteiger partial charge in [0.1, 0.15) is 0 Å². The Kier molecular flexibility index (Phi) is 4.91. The molecule has 124 valence electrons. The van der Waals surface area contributed by atoms with Gasteiger partial charge in [-0.3, -0.25) is 4.79 Å². The molecule has 24 heavy (non-hydrogen) atoms. The van der Waals surface area contributed by atoms with Gasteiger partial charge in [0.25, 0.3) is 0 Å². The third kappa shape index (κ3) is 3.81. The Bertz CT molecular complexity index is 757. The highest BCUT2D eigenvalue weighted by Gasteiger charge is 2.22. The number of amides is 1. The Labute approximate surface area is 140 Å². The number of carbonyl (C=O) groups excluding carboxylic acids is 1. The van der Waals surface area contributed by atoms with E-state index in [1.165, 1.54) is 11.6 Å². The summed E-state index contributed by atoms with van der Waals surface area (Å²) < 4.78 is 5.74. The van der Waals surface area contributed by atoms with Gasteiger partial charge in [-0.2, -0.15) is 0 Å². The van der Waals surface area contributed by atoms with Crippen molar-refractivity contribution in [2.45, 2.75) is 25.5 Å². The molecule has 2 aromatic rings. The highest BCUT2D eigenvalue weighted by molar-refractivity contribution is 5.87. The number of hydrogen-bond donors (Lipinski definition) is 2. The van der Waals surface area contributed by atoms with Crippen LogP contribution in [0.5, 0.6) is 0 Å². The average molecular weight is 325 g/mol. The molecule has 0 aromatic heterocycles. The quantitative estimate of drug-likeness (QED) is 0.886. The highest BCUT2D eigenvalue weighted by atomic mass is 16.5. The fourth-order valence-corrected chi connectivity index (χ4v) is 2.90. The van der Waals surface area contributed by atoms with E-state index >= 15 is 0 Å². The summed E-state index contributed by atoms with van der Waals surface area (Å²) in [5.41, 5.74) is 3.28. The molecule has 1 aliphatic rings. The molecule has 0 aliphatic carbocycles. The molecular weight excluding hydrogens is 306 g/mol. The number of carboxylic acids is 1. The molecule has 0 saturated carbocycles. The van der Waals surface area contributed by atoms with Crippen LogP contribution in [0.1, 0.15) is 39.6 Å². The molecule has 5 heteroatoms. The zero-order valence-electron chi connectivity index (χ0n) is 13.2. The van der Waals surface area contributed by atoms with Crippen molar-refractivity contribution in [3.8, 4) is 0 Å². The predicted molar refractivity (Wildman–Crippen MR) is 88.7 cm³/mol. The first-order chi connectivity index (χ1) is 11.6. The van der Waals surface area contributed by atoms with Gasteiger partial charge >= 0.3 is 5.97 Å². The lowest BCUT2D eigenvalue weighted by Crippen LogP contribution is -2.27. The van der Waals surface area contributed by atoms with Crippen LogP contribution in [0.15, 0.2) is 48.5 Å². The first-order valence-corrected chi connectivity index (χ1v) is 7.92. The second-order valence-corrected chi connectivity index (χ2v) is 5.79. The van der Waals surface area contributed by atoms with Crippen LogP contribution in [0.2, 0.25) is 0 Å². The minimum Gasteiger partial charge on any atom is -0.478 e. The third-order valence-electron chi connectivity index (χ3n) is 4.13. The van der Waals surface area contributed by atoms with E-state index < -0.39 is 5.97 Å². The summed E-state index contributed by atoms with van der Waals surface area (Å²) >= 11 is 0. The van der Waals surface area contributed by atoms with E-state index in [-0.39, 0.29) is 24.0 Å². The van der Waals surface area contributed by atoms with Crippen molar-refractivity contribution >= 4 is 11.9 Å². The van der Waals surface area contributed by atoms with Crippen LogP contribution in [0.4, 0.5) is 0 Å². The van der Waals surface area contributed by atoms with Crippen LogP contribution in [0, 0.1) is 0 Å². The van der Waals surface area contributed by atoms with Gasteiger partial charge in [0, 0.05) is 6.54 Å². The molecular formula is C19H19NO4. The average Bonchev–Trinajstić information content (AvgIpc) is 2.60. The lowest BCUT2D eigenvalue weighted by atomic mass is 9.95. The Morgan fingerprint density at radius 1 is 1.17 bits per heavy atom. The Morgan fingerprint density at radius 3 is 2.83 bits per heavy atom. The van der Waals surface area contributed by atoms with Crippen molar-refractivity contribution < 1.29 is 19.4 Å². The normalized spacial score (nSPS) is 16.2. The monoisotopic (exact) mass is 325 g/mol. The Hall–Kier alpha value is -2.66. The van der Waals surface area contributed by atoms with Crippen LogP contribution >= 0.6 is 0 Å². The Morgan fingerprint density at radius 2 is 2.00 bits per heavy atom. The number of fused-ring (bicyclic) bond motifs is 1. The zero-order chi connectivity index (χ0) is 16.9. The number of hydrogen-bond acceptors (Lipinski definition) is 3. The molecule has 1 atom stereocenters. The second kappa shape index (κ2) is 7.27.